The minimum atomic E-state index is -1.44. The molecule has 0 aliphatic rings. The van der Waals surface area contributed by atoms with E-state index in [1.807, 2.05) is 0 Å². The van der Waals surface area contributed by atoms with Gasteiger partial charge in [-0.2, -0.15) is 0 Å². The first kappa shape index (κ1) is 9.98. The molecule has 0 saturated heterocycles. The van der Waals surface area contributed by atoms with Crippen molar-refractivity contribution in [1.82, 2.24) is 0 Å². The molecule has 1 atom stereocenters. The van der Waals surface area contributed by atoms with Crippen LogP contribution < -0.4 is 5.73 Å². The van der Waals surface area contributed by atoms with E-state index in [9.17, 15) is 17.6 Å². The number of nitrogens with two attached hydrogens (primary N) is 1. The Morgan fingerprint density at radius 2 is 1.46 bits per heavy atom. The molecule has 2 N–H and O–H groups in total. The van der Waals surface area contributed by atoms with E-state index in [0.717, 1.165) is 0 Å². The highest BCUT2D eigenvalue weighted by Crippen LogP contribution is 2.23. The van der Waals surface area contributed by atoms with Crippen LogP contribution in [-0.4, -0.2) is 0 Å². The van der Waals surface area contributed by atoms with E-state index in [2.05, 4.69) is 0 Å². The molecule has 0 spiro atoms. The van der Waals surface area contributed by atoms with Crippen LogP contribution in [0.2, 0.25) is 0 Å². The summed E-state index contributed by atoms with van der Waals surface area (Å²) >= 11 is 0. The molecule has 0 fully saturated rings. The fourth-order valence-electron chi connectivity index (χ4n) is 0.991. The summed E-state index contributed by atoms with van der Waals surface area (Å²) in [6.45, 7) is 1.24. The maximum absolute atomic E-state index is 12.8. The summed E-state index contributed by atoms with van der Waals surface area (Å²) in [6.07, 6.45) is 0. The number of hydrogen-bond donors (Lipinski definition) is 1. The average molecular weight is 193 g/mol. The smallest absolute Gasteiger partial charge is 0.166 e. The molecule has 0 heterocycles. The van der Waals surface area contributed by atoms with Gasteiger partial charge in [-0.15, -0.1) is 0 Å². The normalized spacial score (nSPS) is 13.1. The van der Waals surface area contributed by atoms with E-state index in [1.54, 1.807) is 0 Å². The molecule has 5 heteroatoms. The lowest BCUT2D eigenvalue weighted by Gasteiger charge is -2.09. The third kappa shape index (κ3) is 1.65. The Labute approximate surface area is 72.2 Å². The number of rotatable bonds is 1. The summed E-state index contributed by atoms with van der Waals surface area (Å²) in [7, 11) is 0. The van der Waals surface area contributed by atoms with Crippen molar-refractivity contribution in [3.8, 4) is 0 Å². The second-order valence-corrected chi connectivity index (χ2v) is 2.67. The van der Waals surface area contributed by atoms with Crippen molar-refractivity contribution in [3.05, 3.63) is 34.9 Å². The summed E-state index contributed by atoms with van der Waals surface area (Å²) in [4.78, 5) is 0. The summed E-state index contributed by atoms with van der Waals surface area (Å²) in [5.41, 5.74) is 4.37. The summed E-state index contributed by atoms with van der Waals surface area (Å²) < 4.78 is 50.7. The predicted molar refractivity (Wildman–Crippen MR) is 38.9 cm³/mol. The van der Waals surface area contributed by atoms with Crippen molar-refractivity contribution in [2.45, 2.75) is 13.0 Å². The lowest BCUT2D eigenvalue weighted by atomic mass is 10.1. The van der Waals surface area contributed by atoms with Crippen LogP contribution in [0.1, 0.15) is 18.5 Å². The molecule has 0 aliphatic heterocycles. The van der Waals surface area contributed by atoms with Gasteiger partial charge in [-0.05, 0) is 6.92 Å². The minimum Gasteiger partial charge on any atom is -0.324 e. The zero-order valence-electron chi connectivity index (χ0n) is 6.74. The Bertz CT molecular complexity index is 309. The Morgan fingerprint density at radius 3 is 1.77 bits per heavy atom. The first-order chi connectivity index (χ1) is 5.95. The van der Waals surface area contributed by atoms with Gasteiger partial charge in [0.15, 0.2) is 23.3 Å². The van der Waals surface area contributed by atoms with Crippen LogP contribution in [0.15, 0.2) is 6.07 Å². The Morgan fingerprint density at radius 1 is 1.08 bits per heavy atom. The largest absolute Gasteiger partial charge is 0.324 e. The third-order valence-electron chi connectivity index (χ3n) is 1.60. The van der Waals surface area contributed by atoms with Gasteiger partial charge >= 0.3 is 0 Å². The van der Waals surface area contributed by atoms with Gasteiger partial charge in [0.05, 0.1) is 0 Å². The summed E-state index contributed by atoms with van der Waals surface area (Å²) in [5, 5.41) is 0. The van der Waals surface area contributed by atoms with E-state index in [0.29, 0.717) is 0 Å². The van der Waals surface area contributed by atoms with E-state index in [1.165, 1.54) is 6.92 Å². The van der Waals surface area contributed by atoms with E-state index < -0.39 is 34.9 Å². The minimum absolute atomic E-state index is 0.149. The molecule has 1 aromatic rings. The fourth-order valence-corrected chi connectivity index (χ4v) is 0.991. The van der Waals surface area contributed by atoms with E-state index >= 15 is 0 Å². The first-order valence-corrected chi connectivity index (χ1v) is 3.53. The number of hydrogen-bond acceptors (Lipinski definition) is 1. The van der Waals surface area contributed by atoms with Gasteiger partial charge in [-0.3, -0.25) is 0 Å². The molecule has 0 bridgehead atoms. The quantitative estimate of drug-likeness (QED) is 0.537. The second kappa shape index (κ2) is 3.33. The molecule has 0 aliphatic carbocycles. The molecule has 1 nitrogen and oxygen atoms in total. The molecule has 1 aromatic carbocycles. The van der Waals surface area contributed by atoms with Crippen molar-refractivity contribution in [3.63, 3.8) is 0 Å². The molecular formula is C8H7F4N. The van der Waals surface area contributed by atoms with Crippen molar-refractivity contribution >= 4 is 0 Å². The first-order valence-electron chi connectivity index (χ1n) is 3.53. The standard InChI is InChI=1S/C8H7F4N/c1-3(13)6-7(11)4(9)2-5(10)8(6)12/h2-3H,13H2,1H3/t3-/m1/s1. The molecule has 0 unspecified atom stereocenters. The van der Waals surface area contributed by atoms with Crippen LogP contribution in [0.25, 0.3) is 0 Å². The molecular weight excluding hydrogens is 186 g/mol. The summed E-state index contributed by atoms with van der Waals surface area (Å²) in [5.74, 6) is -5.75. The van der Waals surface area contributed by atoms with Gasteiger partial charge in [-0.1, -0.05) is 0 Å². The van der Waals surface area contributed by atoms with Crippen molar-refractivity contribution in [2.24, 2.45) is 5.73 Å². The van der Waals surface area contributed by atoms with Crippen molar-refractivity contribution in [2.75, 3.05) is 0 Å². The van der Waals surface area contributed by atoms with Crippen molar-refractivity contribution in [1.29, 1.82) is 0 Å². The lowest BCUT2D eigenvalue weighted by Crippen LogP contribution is -2.13. The average Bonchev–Trinajstić information content (AvgIpc) is 2.01. The zero-order chi connectivity index (χ0) is 10.2. The number of halogens is 4. The zero-order valence-corrected chi connectivity index (χ0v) is 6.74. The fraction of sp³-hybridized carbons (Fsp3) is 0.250. The van der Waals surface area contributed by atoms with Crippen LogP contribution in [0, 0.1) is 23.3 Å². The number of benzene rings is 1. The monoisotopic (exact) mass is 193 g/mol. The highest BCUT2D eigenvalue weighted by Gasteiger charge is 2.21. The molecule has 0 aromatic heterocycles. The van der Waals surface area contributed by atoms with Crippen LogP contribution in [0.3, 0.4) is 0 Å². The molecule has 0 saturated carbocycles. The van der Waals surface area contributed by atoms with Gasteiger partial charge in [0.2, 0.25) is 0 Å². The predicted octanol–water partition coefficient (Wildman–Crippen LogP) is 2.26. The molecule has 72 valence electrons. The highest BCUT2D eigenvalue weighted by atomic mass is 19.2. The van der Waals surface area contributed by atoms with Crippen LogP contribution in [-0.2, 0) is 0 Å². The Balaban J connectivity index is 3.46. The van der Waals surface area contributed by atoms with Crippen LogP contribution >= 0.6 is 0 Å². The SMILES string of the molecule is C[C@@H](N)c1c(F)c(F)cc(F)c1F. The topological polar surface area (TPSA) is 26.0 Å². The maximum atomic E-state index is 12.8. The van der Waals surface area contributed by atoms with Crippen LogP contribution in [0.4, 0.5) is 17.6 Å². The molecule has 13 heavy (non-hydrogen) atoms. The Hall–Kier alpha value is -1.10. The van der Waals surface area contributed by atoms with Gasteiger partial charge in [0.1, 0.15) is 0 Å². The van der Waals surface area contributed by atoms with Gasteiger partial charge in [0, 0.05) is 17.7 Å². The third-order valence-corrected chi connectivity index (χ3v) is 1.60. The molecule has 1 rings (SSSR count). The van der Waals surface area contributed by atoms with E-state index in [4.69, 9.17) is 5.73 Å². The molecule has 0 amide bonds. The Kier molecular flexibility index (Phi) is 2.56. The van der Waals surface area contributed by atoms with E-state index in [-0.39, 0.29) is 6.07 Å². The highest BCUT2D eigenvalue weighted by molar-refractivity contribution is 5.24. The van der Waals surface area contributed by atoms with Crippen LogP contribution in [0.5, 0.6) is 0 Å². The van der Waals surface area contributed by atoms with Gasteiger partial charge < -0.3 is 5.73 Å². The van der Waals surface area contributed by atoms with Crippen molar-refractivity contribution < 1.29 is 17.6 Å². The van der Waals surface area contributed by atoms with Gasteiger partial charge in [0.25, 0.3) is 0 Å². The summed E-state index contributed by atoms with van der Waals surface area (Å²) in [6, 6.07) is -0.943. The van der Waals surface area contributed by atoms with Gasteiger partial charge in [-0.25, -0.2) is 17.6 Å². The maximum Gasteiger partial charge on any atom is 0.166 e. The molecule has 0 radical (unpaired) electrons. The second-order valence-electron chi connectivity index (χ2n) is 2.67. The lowest BCUT2D eigenvalue weighted by molar-refractivity contribution is 0.430.